The van der Waals surface area contributed by atoms with Crippen LogP contribution in [0.3, 0.4) is 0 Å². The van der Waals surface area contributed by atoms with E-state index in [9.17, 15) is 0 Å². The van der Waals surface area contributed by atoms with Crippen LogP contribution in [0.4, 0.5) is 17.1 Å². The Bertz CT molecular complexity index is 3230. The van der Waals surface area contributed by atoms with Crippen molar-refractivity contribution in [2.24, 2.45) is 0 Å². The lowest BCUT2D eigenvalue weighted by Crippen LogP contribution is -2.56. The predicted octanol–water partition coefficient (Wildman–Crippen LogP) is 12.6. The Morgan fingerprint density at radius 3 is 2.24 bits per heavy atom. The van der Waals surface area contributed by atoms with Crippen molar-refractivity contribution in [1.82, 2.24) is 4.48 Å². The van der Waals surface area contributed by atoms with Gasteiger partial charge in [0.05, 0.1) is 27.0 Å². The minimum atomic E-state index is -0.0400. The molecule has 54 heavy (non-hydrogen) atoms. The average Bonchev–Trinajstić information content (AvgIpc) is 3.86. The van der Waals surface area contributed by atoms with Gasteiger partial charge in [0, 0.05) is 43.2 Å². The number of aryl methyl sites for hydroxylation is 1. The van der Waals surface area contributed by atoms with E-state index in [-0.39, 0.29) is 12.3 Å². The van der Waals surface area contributed by atoms with Crippen LogP contribution in [0.2, 0.25) is 0 Å². The van der Waals surface area contributed by atoms with Gasteiger partial charge < -0.3 is 13.8 Å². The van der Waals surface area contributed by atoms with Crippen molar-refractivity contribution in [2.45, 2.75) is 33.1 Å². The van der Waals surface area contributed by atoms with E-state index >= 15 is 0 Å². The molecule has 3 nitrogen and oxygen atoms in total. The molecule has 0 amide bonds. The topological polar surface area (TPSA) is 21.3 Å². The van der Waals surface area contributed by atoms with Crippen molar-refractivity contribution in [3.63, 3.8) is 0 Å². The lowest BCUT2D eigenvalue weighted by atomic mass is 9.45. The molecule has 0 aliphatic carbocycles. The molecule has 5 heteroatoms. The highest BCUT2D eigenvalue weighted by atomic mass is 32.1. The third kappa shape index (κ3) is 3.92. The van der Waals surface area contributed by atoms with E-state index in [1.165, 1.54) is 92.6 Å². The highest BCUT2D eigenvalue weighted by molar-refractivity contribution is 7.27. The van der Waals surface area contributed by atoms with Gasteiger partial charge in [-0.15, -0.1) is 11.3 Å². The summed E-state index contributed by atoms with van der Waals surface area (Å²) in [6.07, 6.45) is 0. The van der Waals surface area contributed by atoms with Crippen LogP contribution < -0.4 is 15.8 Å². The Kier molecular flexibility index (Phi) is 5.95. The quantitative estimate of drug-likeness (QED) is 0.167. The first kappa shape index (κ1) is 30.4. The Morgan fingerprint density at radius 1 is 0.611 bits per heavy atom. The summed E-state index contributed by atoms with van der Waals surface area (Å²) in [4.78, 5) is 2.59. The summed E-state index contributed by atoms with van der Waals surface area (Å²) in [7, 11) is 0. The second kappa shape index (κ2) is 10.6. The predicted molar refractivity (Wildman–Crippen MR) is 232 cm³/mol. The summed E-state index contributed by atoms with van der Waals surface area (Å²) >= 11 is 1.92. The second-order valence-electron chi connectivity index (χ2n) is 16.2. The van der Waals surface area contributed by atoms with Crippen molar-refractivity contribution < 1.29 is 4.42 Å². The van der Waals surface area contributed by atoms with E-state index in [0.29, 0.717) is 0 Å². The van der Waals surface area contributed by atoms with Crippen LogP contribution in [0.25, 0.3) is 75.4 Å². The molecule has 2 aliphatic heterocycles. The first-order valence-electron chi connectivity index (χ1n) is 18.9. The summed E-state index contributed by atoms with van der Waals surface area (Å²) in [5.41, 5.74) is 18.3. The number of aromatic nitrogens is 1. The zero-order valence-corrected chi connectivity index (χ0v) is 31.4. The molecule has 0 radical (unpaired) electrons. The number of nitrogens with zero attached hydrogens (tertiary/aromatic N) is 2. The molecule has 0 saturated carbocycles. The van der Waals surface area contributed by atoms with Crippen LogP contribution in [0.15, 0.2) is 144 Å². The number of benzene rings is 7. The van der Waals surface area contributed by atoms with Crippen molar-refractivity contribution in [2.75, 3.05) is 4.90 Å². The second-order valence-corrected chi connectivity index (χ2v) is 17.2. The van der Waals surface area contributed by atoms with Crippen LogP contribution in [0.5, 0.6) is 0 Å². The number of fused-ring (bicyclic) bond motifs is 13. The number of anilines is 3. The fourth-order valence-electron chi connectivity index (χ4n) is 9.62. The van der Waals surface area contributed by atoms with Crippen LogP contribution in [-0.2, 0) is 5.41 Å². The monoisotopic (exact) mass is 710 g/mol. The van der Waals surface area contributed by atoms with Crippen LogP contribution in [0.1, 0.15) is 31.9 Å². The molecule has 0 N–H and O–H groups in total. The molecule has 0 unspecified atom stereocenters. The first-order chi connectivity index (χ1) is 26.3. The minimum absolute atomic E-state index is 0.0122. The summed E-state index contributed by atoms with van der Waals surface area (Å²) in [6, 6.07) is 51.9. The lowest BCUT2D eigenvalue weighted by molar-refractivity contribution is 0.590. The van der Waals surface area contributed by atoms with Gasteiger partial charge in [0.25, 0.3) is 0 Å². The average molecular weight is 711 g/mol. The molecule has 0 saturated heterocycles. The van der Waals surface area contributed by atoms with Crippen molar-refractivity contribution in [3.05, 3.63) is 151 Å². The number of hydrogen-bond donors (Lipinski definition) is 0. The molecule has 0 atom stereocenters. The molecular weight excluding hydrogens is 675 g/mol. The lowest BCUT2D eigenvalue weighted by Gasteiger charge is -2.41. The fraction of sp³-hybridized carbons (Fsp3) is 0.102. The van der Waals surface area contributed by atoms with Gasteiger partial charge in [-0.25, -0.2) is 0 Å². The van der Waals surface area contributed by atoms with Gasteiger partial charge in [-0.2, -0.15) is 0 Å². The Labute approximate surface area is 317 Å². The summed E-state index contributed by atoms with van der Waals surface area (Å²) in [5, 5.41) is 4.95. The van der Waals surface area contributed by atoms with Gasteiger partial charge in [-0.05, 0) is 81.9 Å². The summed E-state index contributed by atoms with van der Waals surface area (Å²) < 4.78 is 12.1. The number of thiophene rings is 1. The Morgan fingerprint density at radius 2 is 1.39 bits per heavy atom. The van der Waals surface area contributed by atoms with Crippen molar-refractivity contribution in [1.29, 1.82) is 0 Å². The molecule has 3 aromatic heterocycles. The van der Waals surface area contributed by atoms with Crippen LogP contribution in [-0.4, -0.2) is 11.3 Å². The fourth-order valence-corrected chi connectivity index (χ4v) is 10.8. The SMILES string of the molecule is Cc1cc2c3c(c1)N(c1ccc(C(C)(C)C)cc1-c1ccccc1)c1c(ccc4oc5ccccc5c14)B3n1c3c-2cccc3c2sc3ccccc3c21. The maximum Gasteiger partial charge on any atom is 0.333 e. The number of rotatable bonds is 2. The molecule has 0 fully saturated rings. The van der Waals surface area contributed by atoms with Gasteiger partial charge in [-0.1, -0.05) is 124 Å². The molecule has 12 rings (SSSR count). The molecule has 10 aromatic rings. The Balaban J connectivity index is 1.29. The van der Waals surface area contributed by atoms with Crippen LogP contribution >= 0.6 is 11.3 Å². The molecule has 7 aromatic carbocycles. The smallest absolute Gasteiger partial charge is 0.333 e. The zero-order chi connectivity index (χ0) is 36.0. The van der Waals surface area contributed by atoms with E-state index in [1.807, 2.05) is 11.3 Å². The molecule has 5 heterocycles. The minimum Gasteiger partial charge on any atom is -0.456 e. The zero-order valence-electron chi connectivity index (χ0n) is 30.6. The first-order valence-corrected chi connectivity index (χ1v) is 19.7. The summed E-state index contributed by atoms with van der Waals surface area (Å²) in [5.74, 6) is 0. The van der Waals surface area contributed by atoms with Gasteiger partial charge in [-0.3, -0.25) is 0 Å². The molecule has 0 bridgehead atoms. The van der Waals surface area contributed by atoms with Crippen molar-refractivity contribution >= 4 is 99.3 Å². The number of furan rings is 1. The third-order valence-corrected chi connectivity index (χ3v) is 13.1. The van der Waals surface area contributed by atoms with Gasteiger partial charge in [0.2, 0.25) is 0 Å². The largest absolute Gasteiger partial charge is 0.456 e. The van der Waals surface area contributed by atoms with E-state index in [4.69, 9.17) is 4.42 Å². The highest BCUT2D eigenvalue weighted by Gasteiger charge is 2.45. The van der Waals surface area contributed by atoms with E-state index < -0.39 is 0 Å². The van der Waals surface area contributed by atoms with Gasteiger partial charge in [0.15, 0.2) is 0 Å². The molecule has 2 aliphatic rings. The van der Waals surface area contributed by atoms with E-state index in [0.717, 1.165) is 21.9 Å². The number of para-hydroxylation sites is 2. The van der Waals surface area contributed by atoms with E-state index in [1.54, 1.807) is 0 Å². The van der Waals surface area contributed by atoms with Gasteiger partial charge in [0.1, 0.15) is 11.2 Å². The third-order valence-electron chi connectivity index (χ3n) is 12.0. The maximum atomic E-state index is 6.68. The molecule has 0 spiro atoms. The van der Waals surface area contributed by atoms with E-state index in [2.05, 4.69) is 177 Å². The standard InChI is InChI=1S/C49H35BN2OS/c1-28-25-36-31-17-12-18-34-45(31)52(46-33-16-9-11-20-42(33)54-48(34)46)50-37-22-24-41-43(32-15-8-10-19-40(32)53-41)47(37)51(39(26-28)44(36)50)38-23-21-30(49(2,3)4)27-35(38)29-13-6-5-7-14-29/h5-27H,1-4H3. The number of hydrogen-bond acceptors (Lipinski definition) is 3. The Hall–Kier alpha value is -6.04. The van der Waals surface area contributed by atoms with Gasteiger partial charge >= 0.3 is 6.85 Å². The molecule has 256 valence electrons. The highest BCUT2D eigenvalue weighted by Crippen LogP contribution is 2.52. The molecular formula is C49H35BN2OS. The van der Waals surface area contributed by atoms with Crippen molar-refractivity contribution in [3.8, 4) is 22.3 Å². The van der Waals surface area contributed by atoms with Crippen LogP contribution in [0, 0.1) is 6.92 Å². The maximum absolute atomic E-state index is 6.68. The normalized spacial score (nSPS) is 13.5. The summed E-state index contributed by atoms with van der Waals surface area (Å²) in [6.45, 7) is 9.13.